The lowest BCUT2D eigenvalue weighted by atomic mass is 10.3. The molecule has 5 heteroatoms. The molecule has 3 rings (SSSR count). The van der Waals surface area contributed by atoms with Crippen LogP contribution in [-0.2, 0) is 0 Å². The molecule has 3 heterocycles. The van der Waals surface area contributed by atoms with Crippen LogP contribution in [0.1, 0.15) is 5.56 Å². The van der Waals surface area contributed by atoms with E-state index >= 15 is 0 Å². The molecule has 0 aromatic carbocycles. The van der Waals surface area contributed by atoms with Crippen molar-refractivity contribution < 1.29 is 0 Å². The molecule has 0 radical (unpaired) electrons. The van der Waals surface area contributed by atoms with Crippen LogP contribution in [0.5, 0.6) is 0 Å². The number of nitrogens with zero attached hydrogens (tertiary/aromatic N) is 2. The second-order valence-electron chi connectivity index (χ2n) is 3.88. The van der Waals surface area contributed by atoms with Crippen molar-refractivity contribution in [1.82, 2.24) is 9.38 Å². The number of rotatable bonds is 1. The van der Waals surface area contributed by atoms with Crippen LogP contribution in [0.25, 0.3) is 16.2 Å². The number of nitrogen functional groups attached to an aromatic ring is 1. The van der Waals surface area contributed by atoms with Crippen LogP contribution >= 0.6 is 27.3 Å². The van der Waals surface area contributed by atoms with Gasteiger partial charge in [0.2, 0.25) is 0 Å². The molecule has 0 amide bonds. The Balaban J connectivity index is 2.31. The predicted molar refractivity (Wildman–Crippen MR) is 75.4 cm³/mol. The molecular formula is C12H10BrN3S. The summed E-state index contributed by atoms with van der Waals surface area (Å²) in [6, 6.07) is 6.06. The molecule has 0 spiro atoms. The smallest absolute Gasteiger partial charge is 0.139 e. The number of hydrogen-bond acceptors (Lipinski definition) is 3. The lowest BCUT2D eigenvalue weighted by Crippen LogP contribution is -1.93. The summed E-state index contributed by atoms with van der Waals surface area (Å²) >= 11 is 5.15. The van der Waals surface area contributed by atoms with Gasteiger partial charge in [-0.15, -0.1) is 11.3 Å². The van der Waals surface area contributed by atoms with Crippen molar-refractivity contribution >= 4 is 38.7 Å². The van der Waals surface area contributed by atoms with Gasteiger partial charge in [-0.2, -0.15) is 0 Å². The first-order chi connectivity index (χ1) is 8.16. The van der Waals surface area contributed by atoms with E-state index in [1.54, 1.807) is 11.3 Å². The summed E-state index contributed by atoms with van der Waals surface area (Å²) in [5.41, 5.74) is 9.05. The highest BCUT2D eigenvalue weighted by molar-refractivity contribution is 9.10. The first kappa shape index (κ1) is 10.8. The molecule has 0 fully saturated rings. The lowest BCUT2D eigenvalue weighted by molar-refractivity contribution is 1.18. The molecule has 0 aliphatic heterocycles. The van der Waals surface area contributed by atoms with Crippen molar-refractivity contribution in [2.45, 2.75) is 6.92 Å². The fourth-order valence-corrected chi connectivity index (χ4v) is 3.35. The monoisotopic (exact) mass is 307 g/mol. The highest BCUT2D eigenvalue weighted by Gasteiger charge is 2.14. The van der Waals surface area contributed by atoms with E-state index in [1.807, 2.05) is 41.1 Å². The van der Waals surface area contributed by atoms with Crippen LogP contribution in [0.3, 0.4) is 0 Å². The van der Waals surface area contributed by atoms with Gasteiger partial charge in [-0.1, -0.05) is 0 Å². The molecular weight excluding hydrogens is 298 g/mol. The van der Waals surface area contributed by atoms with E-state index in [2.05, 4.69) is 20.9 Å². The largest absolute Gasteiger partial charge is 0.383 e. The van der Waals surface area contributed by atoms with E-state index in [-0.39, 0.29) is 0 Å². The average molecular weight is 308 g/mol. The molecule has 0 aliphatic carbocycles. The summed E-state index contributed by atoms with van der Waals surface area (Å²) in [5.74, 6) is 0.683. The van der Waals surface area contributed by atoms with Gasteiger partial charge >= 0.3 is 0 Å². The molecule has 0 atom stereocenters. The van der Waals surface area contributed by atoms with E-state index < -0.39 is 0 Å². The zero-order valence-electron chi connectivity index (χ0n) is 9.14. The van der Waals surface area contributed by atoms with E-state index in [4.69, 9.17) is 5.73 Å². The van der Waals surface area contributed by atoms with E-state index in [9.17, 15) is 0 Å². The Labute approximate surface area is 111 Å². The zero-order valence-corrected chi connectivity index (χ0v) is 11.5. The van der Waals surface area contributed by atoms with Crippen LogP contribution in [0.2, 0.25) is 0 Å². The number of fused-ring (bicyclic) bond motifs is 1. The maximum absolute atomic E-state index is 6.14. The summed E-state index contributed by atoms with van der Waals surface area (Å²) in [6.45, 7) is 2.05. The zero-order chi connectivity index (χ0) is 12.0. The number of hydrogen-bond donors (Lipinski definition) is 1. The summed E-state index contributed by atoms with van der Waals surface area (Å²) in [7, 11) is 0. The van der Waals surface area contributed by atoms with E-state index in [0.29, 0.717) is 5.82 Å². The van der Waals surface area contributed by atoms with Crippen LogP contribution in [0, 0.1) is 6.92 Å². The number of aromatic nitrogens is 2. The lowest BCUT2D eigenvalue weighted by Gasteiger charge is -1.97. The standard InChI is InChI=1S/C12H10BrN3S/c1-7-2-4-16-9(6-7)15-10(12(16)14)11-8(13)3-5-17-11/h2-6H,14H2,1H3. The Morgan fingerprint density at radius 2 is 2.24 bits per heavy atom. The van der Waals surface area contributed by atoms with Crippen molar-refractivity contribution in [1.29, 1.82) is 0 Å². The van der Waals surface area contributed by atoms with Crippen molar-refractivity contribution in [3.8, 4) is 10.6 Å². The number of nitrogens with two attached hydrogens (primary N) is 1. The number of anilines is 1. The molecule has 17 heavy (non-hydrogen) atoms. The number of aryl methyl sites for hydroxylation is 1. The van der Waals surface area contributed by atoms with Crippen LogP contribution in [-0.4, -0.2) is 9.38 Å². The molecule has 3 aromatic heterocycles. The topological polar surface area (TPSA) is 43.3 Å². The highest BCUT2D eigenvalue weighted by Crippen LogP contribution is 2.36. The minimum Gasteiger partial charge on any atom is -0.383 e. The molecule has 0 bridgehead atoms. The van der Waals surface area contributed by atoms with Gasteiger partial charge in [0, 0.05) is 10.7 Å². The van der Waals surface area contributed by atoms with Gasteiger partial charge < -0.3 is 5.73 Å². The molecule has 3 aromatic rings. The van der Waals surface area contributed by atoms with Gasteiger partial charge in [-0.25, -0.2) is 4.98 Å². The molecule has 2 N–H and O–H groups in total. The highest BCUT2D eigenvalue weighted by atomic mass is 79.9. The maximum Gasteiger partial charge on any atom is 0.139 e. The van der Waals surface area contributed by atoms with Gasteiger partial charge in [0.05, 0.1) is 4.88 Å². The summed E-state index contributed by atoms with van der Waals surface area (Å²) < 4.78 is 2.95. The second kappa shape index (κ2) is 3.85. The summed E-state index contributed by atoms with van der Waals surface area (Å²) in [6.07, 6.45) is 1.96. The molecule has 3 nitrogen and oxygen atoms in total. The quantitative estimate of drug-likeness (QED) is 0.744. The van der Waals surface area contributed by atoms with Crippen LogP contribution in [0.4, 0.5) is 5.82 Å². The molecule has 0 aliphatic rings. The minimum atomic E-state index is 0.683. The predicted octanol–water partition coefficient (Wildman–Crippen LogP) is 3.72. The molecule has 0 saturated heterocycles. The van der Waals surface area contributed by atoms with Crippen molar-refractivity contribution in [2.75, 3.05) is 5.73 Å². The Morgan fingerprint density at radius 3 is 2.94 bits per heavy atom. The Bertz CT molecular complexity index is 699. The Hall–Kier alpha value is -1.33. The third-order valence-electron chi connectivity index (χ3n) is 2.65. The normalized spacial score (nSPS) is 11.2. The first-order valence-corrected chi connectivity index (χ1v) is 6.81. The fourth-order valence-electron chi connectivity index (χ4n) is 1.80. The third-order valence-corrected chi connectivity index (χ3v) is 4.50. The number of halogens is 1. The Morgan fingerprint density at radius 1 is 1.41 bits per heavy atom. The van der Waals surface area contributed by atoms with E-state index in [0.717, 1.165) is 20.7 Å². The summed E-state index contributed by atoms with van der Waals surface area (Å²) in [4.78, 5) is 5.67. The minimum absolute atomic E-state index is 0.683. The van der Waals surface area contributed by atoms with Gasteiger partial charge in [-0.05, 0) is 52.0 Å². The average Bonchev–Trinajstić information content (AvgIpc) is 2.83. The number of pyridine rings is 1. The second-order valence-corrected chi connectivity index (χ2v) is 5.65. The molecule has 0 unspecified atom stereocenters. The van der Waals surface area contributed by atoms with Crippen molar-refractivity contribution in [3.63, 3.8) is 0 Å². The molecule has 0 saturated carbocycles. The third kappa shape index (κ3) is 1.66. The van der Waals surface area contributed by atoms with Gasteiger partial charge in [0.25, 0.3) is 0 Å². The van der Waals surface area contributed by atoms with Crippen LogP contribution < -0.4 is 5.73 Å². The van der Waals surface area contributed by atoms with Crippen LogP contribution in [0.15, 0.2) is 34.2 Å². The van der Waals surface area contributed by atoms with Crippen molar-refractivity contribution in [2.24, 2.45) is 0 Å². The maximum atomic E-state index is 6.14. The number of thiophene rings is 1. The first-order valence-electron chi connectivity index (χ1n) is 5.14. The number of imidazole rings is 1. The summed E-state index contributed by atoms with van der Waals surface area (Å²) in [5, 5.41) is 2.02. The fraction of sp³-hybridized carbons (Fsp3) is 0.0833. The Kier molecular flexibility index (Phi) is 2.45. The van der Waals surface area contributed by atoms with Crippen molar-refractivity contribution in [3.05, 3.63) is 39.8 Å². The van der Waals surface area contributed by atoms with E-state index in [1.165, 1.54) is 5.56 Å². The van der Waals surface area contributed by atoms with Gasteiger partial charge in [0.1, 0.15) is 17.2 Å². The SMILES string of the molecule is Cc1ccn2c(N)c(-c3sccc3Br)nc2c1. The van der Waals surface area contributed by atoms with Gasteiger partial charge in [-0.3, -0.25) is 4.40 Å². The van der Waals surface area contributed by atoms with Gasteiger partial charge in [0.15, 0.2) is 0 Å². The molecule has 86 valence electrons.